The zero-order valence-electron chi connectivity index (χ0n) is 15.7. The van der Waals surface area contributed by atoms with Gasteiger partial charge in [0.15, 0.2) is 0 Å². The highest BCUT2D eigenvalue weighted by atomic mass is 16.5. The van der Waals surface area contributed by atoms with E-state index in [9.17, 15) is 0 Å². The molecule has 1 unspecified atom stereocenters. The van der Waals surface area contributed by atoms with E-state index in [2.05, 4.69) is 27.7 Å². The first-order valence-corrected chi connectivity index (χ1v) is 10.0. The molecule has 5 heteroatoms. The maximum absolute atomic E-state index is 5.29. The van der Waals surface area contributed by atoms with Gasteiger partial charge in [-0.25, -0.2) is 4.98 Å². The van der Waals surface area contributed by atoms with E-state index in [-0.39, 0.29) is 0 Å². The molecule has 3 heterocycles. The molecule has 1 aromatic heterocycles. The van der Waals surface area contributed by atoms with Crippen molar-refractivity contribution in [1.82, 2.24) is 15.2 Å². The number of anilines is 1. The summed E-state index contributed by atoms with van der Waals surface area (Å²) in [6, 6.07) is 5.19. The van der Waals surface area contributed by atoms with Crippen molar-refractivity contribution in [2.24, 2.45) is 0 Å². The fourth-order valence-corrected chi connectivity index (χ4v) is 3.94. The van der Waals surface area contributed by atoms with Gasteiger partial charge in [0.05, 0.1) is 6.61 Å². The van der Waals surface area contributed by atoms with Crippen LogP contribution in [0.25, 0.3) is 0 Å². The molecule has 1 aromatic rings. The van der Waals surface area contributed by atoms with Crippen molar-refractivity contribution in [3.05, 3.63) is 23.4 Å². The predicted molar refractivity (Wildman–Crippen MR) is 103 cm³/mol. The van der Waals surface area contributed by atoms with Crippen LogP contribution in [0.3, 0.4) is 0 Å². The number of rotatable bonds is 10. The Labute approximate surface area is 152 Å². The van der Waals surface area contributed by atoms with E-state index in [0.29, 0.717) is 6.04 Å². The summed E-state index contributed by atoms with van der Waals surface area (Å²) in [5.74, 6) is 1.13. The van der Waals surface area contributed by atoms with Gasteiger partial charge in [0, 0.05) is 38.5 Å². The number of pyridine rings is 1. The molecule has 0 saturated carbocycles. The number of hydrogen-bond acceptors (Lipinski definition) is 5. The van der Waals surface area contributed by atoms with Crippen LogP contribution in [0, 0.1) is 0 Å². The fourth-order valence-electron chi connectivity index (χ4n) is 3.94. The summed E-state index contributed by atoms with van der Waals surface area (Å²) in [5.41, 5.74) is 2.62. The maximum atomic E-state index is 5.29. The molecule has 0 radical (unpaired) electrons. The average molecular weight is 347 g/mol. The number of methoxy groups -OCH3 is 1. The molecule has 0 bridgehead atoms. The number of unbranched alkanes of at least 4 members (excludes halogenated alkanes) is 2. The molecule has 3 rings (SSSR count). The minimum atomic E-state index is 0.698. The molecule has 2 N–H and O–H groups in total. The molecule has 2 aliphatic rings. The Kier molecular flexibility index (Phi) is 7.52. The fraction of sp³-hybridized carbons (Fsp3) is 0.750. The molecule has 2 aliphatic heterocycles. The van der Waals surface area contributed by atoms with Gasteiger partial charge in [0.2, 0.25) is 0 Å². The van der Waals surface area contributed by atoms with E-state index in [1.165, 1.54) is 56.3 Å². The summed E-state index contributed by atoms with van der Waals surface area (Å²) in [4.78, 5) is 7.42. The first-order valence-electron chi connectivity index (χ1n) is 10.0. The Hall–Kier alpha value is -1.17. The van der Waals surface area contributed by atoms with Crippen LogP contribution < -0.4 is 10.6 Å². The van der Waals surface area contributed by atoms with E-state index in [4.69, 9.17) is 9.72 Å². The van der Waals surface area contributed by atoms with Crippen LogP contribution in [0.4, 0.5) is 5.82 Å². The van der Waals surface area contributed by atoms with Gasteiger partial charge in [-0.1, -0.05) is 12.5 Å². The molecule has 0 aromatic carbocycles. The van der Waals surface area contributed by atoms with Crippen LogP contribution in [-0.2, 0) is 17.6 Å². The second kappa shape index (κ2) is 10.1. The van der Waals surface area contributed by atoms with Gasteiger partial charge in [0.25, 0.3) is 0 Å². The summed E-state index contributed by atoms with van der Waals surface area (Å²) in [6.45, 7) is 6.44. The van der Waals surface area contributed by atoms with E-state index < -0.39 is 0 Å². The van der Waals surface area contributed by atoms with Crippen molar-refractivity contribution in [2.75, 3.05) is 51.8 Å². The zero-order chi connectivity index (χ0) is 17.3. The smallest absolute Gasteiger partial charge is 0.129 e. The molecule has 0 aliphatic carbocycles. The number of nitrogens with zero attached hydrogens (tertiary/aromatic N) is 2. The third kappa shape index (κ3) is 5.66. The standard InChI is InChI=1S/C20H34N4O/c1-25-15-14-24(19-10-12-21-16-19)13-4-2-3-7-18-9-8-17-6-5-11-22-20(17)23-18/h8-9,19,21H,2-7,10-16H2,1H3,(H,22,23). The number of ether oxygens (including phenoxy) is 1. The number of hydrogen-bond donors (Lipinski definition) is 2. The lowest BCUT2D eigenvalue weighted by molar-refractivity contribution is 0.123. The lowest BCUT2D eigenvalue weighted by Crippen LogP contribution is -2.39. The Morgan fingerprint density at radius 3 is 3.00 bits per heavy atom. The number of fused-ring (bicyclic) bond motifs is 1. The zero-order valence-corrected chi connectivity index (χ0v) is 15.7. The maximum Gasteiger partial charge on any atom is 0.129 e. The van der Waals surface area contributed by atoms with Crippen LogP contribution in [0.15, 0.2) is 12.1 Å². The summed E-state index contributed by atoms with van der Waals surface area (Å²) in [6.07, 6.45) is 8.53. The average Bonchev–Trinajstić information content (AvgIpc) is 3.18. The van der Waals surface area contributed by atoms with E-state index >= 15 is 0 Å². The van der Waals surface area contributed by atoms with Crippen molar-refractivity contribution >= 4 is 5.82 Å². The minimum absolute atomic E-state index is 0.698. The van der Waals surface area contributed by atoms with Gasteiger partial charge in [-0.2, -0.15) is 0 Å². The van der Waals surface area contributed by atoms with Gasteiger partial charge in [-0.3, -0.25) is 4.90 Å². The first-order chi connectivity index (χ1) is 12.4. The summed E-state index contributed by atoms with van der Waals surface area (Å²) in [7, 11) is 1.80. The SMILES string of the molecule is COCCN(CCCCCc1ccc2c(n1)NCCC2)C1CCNC1. The lowest BCUT2D eigenvalue weighted by atomic mass is 10.1. The molecule has 1 atom stereocenters. The third-order valence-corrected chi connectivity index (χ3v) is 5.46. The highest BCUT2D eigenvalue weighted by Crippen LogP contribution is 2.20. The minimum Gasteiger partial charge on any atom is -0.383 e. The molecular formula is C20H34N4O. The Morgan fingerprint density at radius 1 is 1.20 bits per heavy atom. The van der Waals surface area contributed by atoms with Crippen LogP contribution in [0.2, 0.25) is 0 Å². The number of nitrogens with one attached hydrogen (secondary N) is 2. The molecule has 0 spiro atoms. The van der Waals surface area contributed by atoms with Crippen molar-refractivity contribution in [3.63, 3.8) is 0 Å². The van der Waals surface area contributed by atoms with Crippen molar-refractivity contribution in [3.8, 4) is 0 Å². The number of aromatic nitrogens is 1. The molecule has 25 heavy (non-hydrogen) atoms. The highest BCUT2D eigenvalue weighted by Gasteiger charge is 2.21. The highest BCUT2D eigenvalue weighted by molar-refractivity contribution is 5.46. The molecule has 5 nitrogen and oxygen atoms in total. The first kappa shape index (κ1) is 18.6. The van der Waals surface area contributed by atoms with Gasteiger partial charge in [-0.05, 0) is 63.2 Å². The largest absolute Gasteiger partial charge is 0.383 e. The summed E-state index contributed by atoms with van der Waals surface area (Å²) >= 11 is 0. The molecule has 140 valence electrons. The number of aryl methyl sites for hydroxylation is 2. The third-order valence-electron chi connectivity index (χ3n) is 5.46. The van der Waals surface area contributed by atoms with Gasteiger partial charge >= 0.3 is 0 Å². The Morgan fingerprint density at radius 2 is 2.16 bits per heavy atom. The van der Waals surface area contributed by atoms with Gasteiger partial charge in [0.1, 0.15) is 5.82 Å². The van der Waals surface area contributed by atoms with Crippen LogP contribution in [-0.4, -0.2) is 62.4 Å². The van der Waals surface area contributed by atoms with Crippen molar-refractivity contribution in [1.29, 1.82) is 0 Å². The normalized spacial score (nSPS) is 19.8. The second-order valence-corrected chi connectivity index (χ2v) is 7.33. The topological polar surface area (TPSA) is 49.4 Å². The molecule has 0 amide bonds. The monoisotopic (exact) mass is 346 g/mol. The Balaban J connectivity index is 1.37. The molecule has 1 fully saturated rings. The van der Waals surface area contributed by atoms with Crippen molar-refractivity contribution < 1.29 is 4.74 Å². The van der Waals surface area contributed by atoms with Crippen LogP contribution in [0.1, 0.15) is 43.4 Å². The van der Waals surface area contributed by atoms with E-state index in [1.54, 1.807) is 7.11 Å². The van der Waals surface area contributed by atoms with Gasteiger partial charge < -0.3 is 15.4 Å². The van der Waals surface area contributed by atoms with E-state index in [1.807, 2.05) is 0 Å². The van der Waals surface area contributed by atoms with Gasteiger partial charge in [-0.15, -0.1) is 0 Å². The lowest BCUT2D eigenvalue weighted by Gasteiger charge is -2.28. The second-order valence-electron chi connectivity index (χ2n) is 7.33. The van der Waals surface area contributed by atoms with E-state index in [0.717, 1.165) is 45.0 Å². The van der Waals surface area contributed by atoms with Crippen LogP contribution >= 0.6 is 0 Å². The quantitative estimate of drug-likeness (QED) is 0.638. The predicted octanol–water partition coefficient (Wildman–Crippen LogP) is 2.46. The Bertz CT molecular complexity index is 516. The molecular weight excluding hydrogens is 312 g/mol. The summed E-state index contributed by atoms with van der Waals surface area (Å²) in [5, 5.41) is 6.92. The van der Waals surface area contributed by atoms with Crippen LogP contribution in [0.5, 0.6) is 0 Å². The van der Waals surface area contributed by atoms with Crippen molar-refractivity contribution in [2.45, 2.75) is 51.0 Å². The molecule has 1 saturated heterocycles. The summed E-state index contributed by atoms with van der Waals surface area (Å²) < 4.78 is 5.29.